The van der Waals surface area contributed by atoms with Crippen molar-refractivity contribution in [2.75, 3.05) is 20.2 Å². The van der Waals surface area contributed by atoms with E-state index in [1.807, 2.05) is 18.2 Å². The molecule has 4 heteroatoms. The van der Waals surface area contributed by atoms with Gasteiger partial charge < -0.3 is 10.1 Å². The van der Waals surface area contributed by atoms with Crippen molar-refractivity contribution in [1.82, 2.24) is 5.32 Å². The maximum absolute atomic E-state index is 5.42. The quantitative estimate of drug-likeness (QED) is 0.854. The summed E-state index contributed by atoms with van der Waals surface area (Å²) in [5.41, 5.74) is 2.51. The van der Waals surface area contributed by atoms with Crippen molar-refractivity contribution < 1.29 is 4.74 Å². The molecule has 1 heterocycles. The molecule has 0 radical (unpaired) electrons. The number of rotatable bonds is 5. The van der Waals surface area contributed by atoms with Crippen LogP contribution >= 0.6 is 11.8 Å². The molecule has 0 bridgehead atoms. The molecule has 1 aliphatic rings. The molecule has 1 N–H and O–H groups in total. The van der Waals surface area contributed by atoms with Crippen molar-refractivity contribution in [3.05, 3.63) is 59.7 Å². The van der Waals surface area contributed by atoms with E-state index in [0.717, 1.165) is 36.8 Å². The van der Waals surface area contributed by atoms with Gasteiger partial charge in [-0.2, -0.15) is 0 Å². The van der Waals surface area contributed by atoms with Gasteiger partial charge in [0.1, 0.15) is 11.6 Å². The molecule has 3 rings (SSSR count). The molecule has 114 valence electrons. The standard InChI is InChI=1S/C18H20N2OS/c1-21-16-9-4-5-10-17(16)22-13-14-7-2-3-8-15(14)18-19-11-6-12-20-18/h2-5,7-10H,6,11-13H2,1H3,(H,19,20). The first-order valence-corrected chi connectivity index (χ1v) is 8.49. The third-order valence-electron chi connectivity index (χ3n) is 3.62. The first-order chi connectivity index (χ1) is 10.9. The molecule has 0 saturated heterocycles. The minimum atomic E-state index is 0.900. The lowest BCUT2D eigenvalue weighted by molar-refractivity contribution is 0.405. The molecule has 0 fully saturated rings. The van der Waals surface area contributed by atoms with Gasteiger partial charge in [-0.1, -0.05) is 36.4 Å². The third kappa shape index (κ3) is 3.45. The Hall–Kier alpha value is -1.94. The fourth-order valence-corrected chi connectivity index (χ4v) is 3.51. The van der Waals surface area contributed by atoms with E-state index < -0.39 is 0 Å². The van der Waals surface area contributed by atoms with Gasteiger partial charge >= 0.3 is 0 Å². The van der Waals surface area contributed by atoms with E-state index in [-0.39, 0.29) is 0 Å². The predicted molar refractivity (Wildman–Crippen MR) is 93.0 cm³/mol. The van der Waals surface area contributed by atoms with Crippen LogP contribution in [0.15, 0.2) is 58.4 Å². The molecule has 2 aromatic carbocycles. The van der Waals surface area contributed by atoms with Gasteiger partial charge in [-0.3, -0.25) is 4.99 Å². The lowest BCUT2D eigenvalue weighted by atomic mass is 10.1. The summed E-state index contributed by atoms with van der Waals surface area (Å²) in [6.07, 6.45) is 1.11. The van der Waals surface area contributed by atoms with E-state index in [2.05, 4.69) is 40.6 Å². The molecular formula is C18H20N2OS. The maximum atomic E-state index is 5.42. The van der Waals surface area contributed by atoms with Crippen molar-refractivity contribution in [2.45, 2.75) is 17.1 Å². The normalized spacial score (nSPS) is 14.1. The molecule has 2 aromatic rings. The Balaban J connectivity index is 1.79. The van der Waals surface area contributed by atoms with Crippen LogP contribution in [-0.4, -0.2) is 26.0 Å². The number of ether oxygens (including phenoxy) is 1. The van der Waals surface area contributed by atoms with Crippen molar-refractivity contribution >= 4 is 17.6 Å². The molecule has 0 unspecified atom stereocenters. The summed E-state index contributed by atoms with van der Waals surface area (Å²) in [5, 5.41) is 3.41. The van der Waals surface area contributed by atoms with E-state index in [9.17, 15) is 0 Å². The van der Waals surface area contributed by atoms with Gasteiger partial charge in [0.15, 0.2) is 0 Å². The monoisotopic (exact) mass is 312 g/mol. The Morgan fingerprint density at radius 1 is 1.14 bits per heavy atom. The number of hydrogen-bond donors (Lipinski definition) is 1. The number of aliphatic imine (C=N–C) groups is 1. The molecule has 0 saturated carbocycles. The number of benzene rings is 2. The first kappa shape index (κ1) is 15.0. The number of para-hydroxylation sites is 1. The number of nitrogens with zero attached hydrogens (tertiary/aromatic N) is 1. The van der Waals surface area contributed by atoms with Crippen molar-refractivity contribution in [3.63, 3.8) is 0 Å². The highest BCUT2D eigenvalue weighted by Gasteiger charge is 2.12. The van der Waals surface area contributed by atoms with Gasteiger partial charge in [-0.25, -0.2) is 0 Å². The largest absolute Gasteiger partial charge is 0.496 e. The van der Waals surface area contributed by atoms with E-state index in [0.29, 0.717) is 0 Å². The molecule has 0 aliphatic carbocycles. The van der Waals surface area contributed by atoms with Crippen LogP contribution in [0.25, 0.3) is 0 Å². The Labute approximate surface area is 135 Å². The average Bonchev–Trinajstić information content (AvgIpc) is 2.61. The van der Waals surface area contributed by atoms with Crippen molar-refractivity contribution in [1.29, 1.82) is 0 Å². The van der Waals surface area contributed by atoms with Gasteiger partial charge in [0.25, 0.3) is 0 Å². The molecule has 0 spiro atoms. The number of hydrogen-bond acceptors (Lipinski definition) is 4. The van der Waals surface area contributed by atoms with Crippen LogP contribution in [0.2, 0.25) is 0 Å². The van der Waals surface area contributed by atoms with Crippen LogP contribution in [0.1, 0.15) is 17.5 Å². The van der Waals surface area contributed by atoms with Crippen LogP contribution in [0, 0.1) is 0 Å². The molecule has 0 atom stereocenters. The van der Waals surface area contributed by atoms with Crippen LogP contribution in [0.5, 0.6) is 5.75 Å². The van der Waals surface area contributed by atoms with Gasteiger partial charge in [0, 0.05) is 29.3 Å². The molecule has 0 aromatic heterocycles. The van der Waals surface area contributed by atoms with Crippen LogP contribution in [0.3, 0.4) is 0 Å². The molecule has 3 nitrogen and oxygen atoms in total. The second-order valence-electron chi connectivity index (χ2n) is 5.11. The van der Waals surface area contributed by atoms with E-state index in [4.69, 9.17) is 4.74 Å². The van der Waals surface area contributed by atoms with E-state index in [1.54, 1.807) is 18.9 Å². The SMILES string of the molecule is COc1ccccc1SCc1ccccc1C1=NCCCN1. The van der Waals surface area contributed by atoms with Gasteiger partial charge in [-0.05, 0) is 24.1 Å². The smallest absolute Gasteiger partial charge is 0.132 e. The predicted octanol–water partition coefficient (Wildman–Crippen LogP) is 3.73. The van der Waals surface area contributed by atoms with Crippen molar-refractivity contribution in [3.8, 4) is 5.75 Å². The zero-order chi connectivity index (χ0) is 15.2. The summed E-state index contributed by atoms with van der Waals surface area (Å²) in [4.78, 5) is 5.79. The lowest BCUT2D eigenvalue weighted by Crippen LogP contribution is -2.30. The van der Waals surface area contributed by atoms with Crippen LogP contribution < -0.4 is 10.1 Å². The minimum absolute atomic E-state index is 0.900. The minimum Gasteiger partial charge on any atom is -0.496 e. The topological polar surface area (TPSA) is 33.6 Å². The third-order valence-corrected chi connectivity index (χ3v) is 4.73. The number of amidine groups is 1. The number of thioether (sulfide) groups is 1. The lowest BCUT2D eigenvalue weighted by Gasteiger charge is -2.17. The Kier molecular flexibility index (Phi) is 5.01. The average molecular weight is 312 g/mol. The Morgan fingerprint density at radius 3 is 2.77 bits per heavy atom. The molecular weight excluding hydrogens is 292 g/mol. The number of methoxy groups -OCH3 is 1. The zero-order valence-electron chi connectivity index (χ0n) is 12.7. The summed E-state index contributed by atoms with van der Waals surface area (Å²) in [5.74, 6) is 2.86. The summed E-state index contributed by atoms with van der Waals surface area (Å²) in [6, 6.07) is 16.6. The first-order valence-electron chi connectivity index (χ1n) is 7.51. The fourth-order valence-electron chi connectivity index (χ4n) is 2.48. The fraction of sp³-hybridized carbons (Fsp3) is 0.278. The highest BCUT2D eigenvalue weighted by atomic mass is 32.2. The highest BCUT2D eigenvalue weighted by molar-refractivity contribution is 7.98. The molecule has 0 amide bonds. The van der Waals surface area contributed by atoms with Gasteiger partial charge in [0.05, 0.1) is 7.11 Å². The Morgan fingerprint density at radius 2 is 1.95 bits per heavy atom. The Bertz CT molecular complexity index is 670. The highest BCUT2D eigenvalue weighted by Crippen LogP contribution is 2.32. The summed E-state index contributed by atoms with van der Waals surface area (Å²) in [6.45, 7) is 1.92. The maximum Gasteiger partial charge on any atom is 0.132 e. The molecule has 22 heavy (non-hydrogen) atoms. The second-order valence-corrected chi connectivity index (χ2v) is 6.12. The van der Waals surface area contributed by atoms with Gasteiger partial charge in [-0.15, -0.1) is 11.8 Å². The second kappa shape index (κ2) is 7.36. The summed E-state index contributed by atoms with van der Waals surface area (Å²) >= 11 is 1.80. The summed E-state index contributed by atoms with van der Waals surface area (Å²) < 4.78 is 5.42. The van der Waals surface area contributed by atoms with Crippen molar-refractivity contribution in [2.24, 2.45) is 4.99 Å². The van der Waals surface area contributed by atoms with Crippen LogP contribution in [-0.2, 0) is 5.75 Å². The zero-order valence-corrected chi connectivity index (χ0v) is 13.5. The summed E-state index contributed by atoms with van der Waals surface area (Å²) in [7, 11) is 1.72. The van der Waals surface area contributed by atoms with E-state index >= 15 is 0 Å². The molecule has 1 aliphatic heterocycles. The van der Waals surface area contributed by atoms with Gasteiger partial charge in [0.2, 0.25) is 0 Å². The van der Waals surface area contributed by atoms with E-state index in [1.165, 1.54) is 16.0 Å². The number of nitrogens with one attached hydrogen (secondary N) is 1. The van der Waals surface area contributed by atoms with Crippen LogP contribution in [0.4, 0.5) is 0 Å².